The first-order chi connectivity index (χ1) is 10.3. The Kier molecular flexibility index (Phi) is 4.51. The van der Waals surface area contributed by atoms with Crippen LogP contribution in [0, 0.1) is 0 Å². The van der Waals surface area contributed by atoms with E-state index in [4.69, 9.17) is 15.2 Å². The minimum Gasteiger partial charge on any atom is -0.492 e. The van der Waals surface area contributed by atoms with Crippen LogP contribution >= 0.6 is 0 Å². The van der Waals surface area contributed by atoms with E-state index in [2.05, 4.69) is 21.9 Å². The SMILES string of the molecule is CCOc1cc(N2CCC(N3CCOCC3)C2)ccc1N. The molecule has 1 aromatic carbocycles. The van der Waals surface area contributed by atoms with Gasteiger partial charge in [0.15, 0.2) is 0 Å². The highest BCUT2D eigenvalue weighted by Gasteiger charge is 2.29. The van der Waals surface area contributed by atoms with E-state index in [0.29, 0.717) is 18.3 Å². The van der Waals surface area contributed by atoms with Gasteiger partial charge in [-0.1, -0.05) is 0 Å². The molecule has 2 aliphatic rings. The summed E-state index contributed by atoms with van der Waals surface area (Å²) in [7, 11) is 0. The lowest BCUT2D eigenvalue weighted by Crippen LogP contribution is -2.44. The number of morpholine rings is 1. The van der Waals surface area contributed by atoms with Crippen LogP contribution in [0.2, 0.25) is 0 Å². The molecule has 2 saturated heterocycles. The first kappa shape index (κ1) is 14.5. The summed E-state index contributed by atoms with van der Waals surface area (Å²) in [5, 5.41) is 0. The van der Waals surface area contributed by atoms with Crippen LogP contribution < -0.4 is 15.4 Å². The maximum absolute atomic E-state index is 5.95. The molecule has 0 saturated carbocycles. The van der Waals surface area contributed by atoms with Crippen LogP contribution in [0.1, 0.15) is 13.3 Å². The molecule has 0 amide bonds. The molecule has 2 heterocycles. The van der Waals surface area contributed by atoms with Gasteiger partial charge in [-0.3, -0.25) is 4.90 Å². The van der Waals surface area contributed by atoms with E-state index in [9.17, 15) is 0 Å². The Balaban J connectivity index is 1.66. The number of hydrogen-bond acceptors (Lipinski definition) is 5. The first-order valence-electron chi connectivity index (χ1n) is 7.87. The van der Waals surface area contributed by atoms with Gasteiger partial charge in [0.05, 0.1) is 25.5 Å². The summed E-state index contributed by atoms with van der Waals surface area (Å²) in [6.07, 6.45) is 1.22. The first-order valence-corrected chi connectivity index (χ1v) is 7.87. The van der Waals surface area contributed by atoms with Gasteiger partial charge in [0, 0.05) is 44.0 Å². The number of nitrogens with two attached hydrogens (primary N) is 1. The number of rotatable bonds is 4. The van der Waals surface area contributed by atoms with Crippen molar-refractivity contribution in [2.24, 2.45) is 0 Å². The fourth-order valence-corrected chi connectivity index (χ4v) is 3.22. The molecule has 0 aliphatic carbocycles. The molecule has 21 heavy (non-hydrogen) atoms. The van der Waals surface area contributed by atoms with Crippen molar-refractivity contribution >= 4 is 11.4 Å². The van der Waals surface area contributed by atoms with E-state index >= 15 is 0 Å². The van der Waals surface area contributed by atoms with Crippen LogP contribution in [-0.2, 0) is 4.74 Å². The van der Waals surface area contributed by atoms with E-state index in [1.54, 1.807) is 0 Å². The second-order valence-corrected chi connectivity index (χ2v) is 5.69. The van der Waals surface area contributed by atoms with Crippen molar-refractivity contribution in [3.63, 3.8) is 0 Å². The quantitative estimate of drug-likeness (QED) is 0.854. The monoisotopic (exact) mass is 291 g/mol. The molecule has 2 aliphatic heterocycles. The van der Waals surface area contributed by atoms with Gasteiger partial charge in [-0.05, 0) is 25.5 Å². The molecular formula is C16H25N3O2. The number of nitrogens with zero attached hydrogens (tertiary/aromatic N) is 2. The van der Waals surface area contributed by atoms with Crippen LogP contribution in [0.25, 0.3) is 0 Å². The highest BCUT2D eigenvalue weighted by molar-refractivity contribution is 5.62. The summed E-state index contributed by atoms with van der Waals surface area (Å²) in [6, 6.07) is 6.75. The van der Waals surface area contributed by atoms with Gasteiger partial charge in [-0.25, -0.2) is 0 Å². The van der Waals surface area contributed by atoms with Gasteiger partial charge in [0.1, 0.15) is 5.75 Å². The molecule has 0 radical (unpaired) electrons. The van der Waals surface area contributed by atoms with E-state index in [0.717, 1.165) is 45.1 Å². The molecule has 1 atom stereocenters. The molecule has 5 heteroatoms. The van der Waals surface area contributed by atoms with Crippen molar-refractivity contribution in [3.8, 4) is 5.75 Å². The third kappa shape index (κ3) is 3.24. The predicted molar refractivity (Wildman–Crippen MR) is 85.0 cm³/mol. The number of ether oxygens (including phenoxy) is 2. The van der Waals surface area contributed by atoms with Gasteiger partial charge < -0.3 is 20.1 Å². The lowest BCUT2D eigenvalue weighted by Gasteiger charge is -2.32. The molecule has 1 unspecified atom stereocenters. The van der Waals surface area contributed by atoms with Gasteiger partial charge >= 0.3 is 0 Å². The molecule has 3 rings (SSSR count). The number of anilines is 2. The molecule has 2 fully saturated rings. The van der Waals surface area contributed by atoms with Crippen LogP contribution in [0.4, 0.5) is 11.4 Å². The number of hydrogen-bond donors (Lipinski definition) is 1. The van der Waals surface area contributed by atoms with E-state index in [1.807, 2.05) is 13.0 Å². The van der Waals surface area contributed by atoms with Crippen LogP contribution in [0.3, 0.4) is 0 Å². The summed E-state index contributed by atoms with van der Waals surface area (Å²) in [6.45, 7) is 8.65. The van der Waals surface area contributed by atoms with Crippen LogP contribution in [0.5, 0.6) is 5.75 Å². The Bertz CT molecular complexity index is 475. The van der Waals surface area contributed by atoms with E-state index in [-0.39, 0.29) is 0 Å². The van der Waals surface area contributed by atoms with Gasteiger partial charge in [0.25, 0.3) is 0 Å². The van der Waals surface area contributed by atoms with Gasteiger partial charge in [-0.15, -0.1) is 0 Å². The smallest absolute Gasteiger partial charge is 0.144 e. The molecule has 2 N–H and O–H groups in total. The summed E-state index contributed by atoms with van der Waals surface area (Å²) < 4.78 is 11.0. The lowest BCUT2D eigenvalue weighted by molar-refractivity contribution is 0.0209. The highest BCUT2D eigenvalue weighted by Crippen LogP contribution is 2.30. The van der Waals surface area contributed by atoms with E-state index in [1.165, 1.54) is 12.1 Å². The standard InChI is InChI=1S/C16H25N3O2/c1-2-21-16-11-13(3-4-15(16)17)19-6-5-14(12-19)18-7-9-20-10-8-18/h3-4,11,14H,2,5-10,12,17H2,1H3. The molecule has 0 bridgehead atoms. The third-order valence-corrected chi connectivity index (χ3v) is 4.39. The molecule has 0 aromatic heterocycles. The van der Waals surface area contributed by atoms with Crippen molar-refractivity contribution < 1.29 is 9.47 Å². The fourth-order valence-electron chi connectivity index (χ4n) is 3.22. The topological polar surface area (TPSA) is 51.0 Å². The zero-order valence-electron chi connectivity index (χ0n) is 12.8. The summed E-state index contributed by atoms with van der Waals surface area (Å²) in [4.78, 5) is 4.99. The molecule has 1 aromatic rings. The summed E-state index contributed by atoms with van der Waals surface area (Å²) >= 11 is 0. The maximum atomic E-state index is 5.95. The number of benzene rings is 1. The van der Waals surface area contributed by atoms with Crippen molar-refractivity contribution in [3.05, 3.63) is 18.2 Å². The maximum Gasteiger partial charge on any atom is 0.144 e. The van der Waals surface area contributed by atoms with Crippen molar-refractivity contribution in [1.29, 1.82) is 0 Å². The Hall–Kier alpha value is -1.46. The minimum atomic E-state index is 0.641. The fraction of sp³-hybridized carbons (Fsp3) is 0.625. The Morgan fingerprint density at radius 2 is 2.10 bits per heavy atom. The Morgan fingerprint density at radius 3 is 2.86 bits per heavy atom. The highest BCUT2D eigenvalue weighted by atomic mass is 16.5. The molecule has 116 valence electrons. The molecule has 0 spiro atoms. The third-order valence-electron chi connectivity index (χ3n) is 4.39. The second kappa shape index (κ2) is 6.54. The van der Waals surface area contributed by atoms with E-state index < -0.39 is 0 Å². The second-order valence-electron chi connectivity index (χ2n) is 5.69. The lowest BCUT2D eigenvalue weighted by atomic mass is 10.2. The van der Waals surface area contributed by atoms with Gasteiger partial charge in [-0.2, -0.15) is 0 Å². The Morgan fingerprint density at radius 1 is 1.29 bits per heavy atom. The zero-order chi connectivity index (χ0) is 14.7. The van der Waals surface area contributed by atoms with Crippen molar-refractivity contribution in [1.82, 2.24) is 4.90 Å². The van der Waals surface area contributed by atoms with Crippen molar-refractivity contribution in [2.75, 3.05) is 56.6 Å². The summed E-state index contributed by atoms with van der Waals surface area (Å²) in [5.41, 5.74) is 7.88. The van der Waals surface area contributed by atoms with Crippen LogP contribution in [-0.4, -0.2) is 56.9 Å². The normalized spacial score (nSPS) is 23.5. The predicted octanol–water partition coefficient (Wildman–Crippen LogP) is 1.58. The molecule has 5 nitrogen and oxygen atoms in total. The van der Waals surface area contributed by atoms with Gasteiger partial charge in [0.2, 0.25) is 0 Å². The average Bonchev–Trinajstić information content (AvgIpc) is 3.00. The average molecular weight is 291 g/mol. The largest absolute Gasteiger partial charge is 0.492 e. The summed E-state index contributed by atoms with van der Waals surface area (Å²) in [5.74, 6) is 0.796. The zero-order valence-corrected chi connectivity index (χ0v) is 12.8. The van der Waals surface area contributed by atoms with Crippen molar-refractivity contribution in [2.45, 2.75) is 19.4 Å². The molecular weight excluding hydrogens is 266 g/mol. The van der Waals surface area contributed by atoms with Crippen LogP contribution in [0.15, 0.2) is 18.2 Å². The Labute approximate surface area is 126 Å². The minimum absolute atomic E-state index is 0.641. The number of nitrogen functional groups attached to an aromatic ring is 1.